The van der Waals surface area contributed by atoms with Crippen LogP contribution >= 0.6 is 0 Å². The van der Waals surface area contributed by atoms with Crippen molar-refractivity contribution in [3.8, 4) is 0 Å². The summed E-state index contributed by atoms with van der Waals surface area (Å²) in [5.74, 6) is -0.835. The molecule has 8 nitrogen and oxygen atoms in total. The third-order valence-electron chi connectivity index (χ3n) is 3.82. The molecule has 0 radical (unpaired) electrons. The van der Waals surface area contributed by atoms with Gasteiger partial charge >= 0.3 is 5.97 Å². The molecule has 1 atom stereocenters. The van der Waals surface area contributed by atoms with Crippen molar-refractivity contribution in [2.24, 2.45) is 13.0 Å². The molecule has 1 aliphatic rings. The molecule has 21 heavy (non-hydrogen) atoms. The summed E-state index contributed by atoms with van der Waals surface area (Å²) in [6.07, 6.45) is 1.23. The molecule has 0 spiro atoms. The fourth-order valence-corrected chi connectivity index (χ4v) is 4.40. The maximum absolute atomic E-state index is 12.7. The van der Waals surface area contributed by atoms with Crippen LogP contribution in [0.15, 0.2) is 4.90 Å². The van der Waals surface area contributed by atoms with Crippen molar-refractivity contribution in [1.29, 1.82) is 0 Å². The van der Waals surface area contributed by atoms with E-state index in [1.807, 2.05) is 0 Å². The first-order valence-electron chi connectivity index (χ1n) is 6.66. The van der Waals surface area contributed by atoms with Crippen molar-refractivity contribution in [2.45, 2.75) is 24.7 Å². The van der Waals surface area contributed by atoms with Crippen molar-refractivity contribution in [3.63, 3.8) is 0 Å². The maximum atomic E-state index is 12.7. The Balaban J connectivity index is 2.33. The van der Waals surface area contributed by atoms with Gasteiger partial charge in [-0.25, -0.2) is 8.42 Å². The molecule has 0 aromatic carbocycles. The lowest BCUT2D eigenvalue weighted by Gasteiger charge is -2.30. The number of carbonyl (C=O) groups is 1. The number of hydrogen-bond donors (Lipinski definition) is 1. The van der Waals surface area contributed by atoms with Crippen molar-refractivity contribution in [2.75, 3.05) is 25.9 Å². The van der Waals surface area contributed by atoms with Crippen LogP contribution in [0.2, 0.25) is 0 Å². The standard InChI is InChI=1S/C12H20N4O4S/c1-8-10(11(13)14-15(8)2)21(18,19)16-6-4-5-9(7-16)12(17)20-3/h9H,4-7H2,1-3H3,(H2,13,14). The average Bonchev–Trinajstić information content (AvgIpc) is 2.71. The number of rotatable bonds is 3. The fourth-order valence-electron chi connectivity index (χ4n) is 2.58. The number of methoxy groups -OCH3 is 1. The minimum Gasteiger partial charge on any atom is -0.469 e. The Labute approximate surface area is 123 Å². The molecule has 118 valence electrons. The number of sulfonamides is 1. The zero-order chi connectivity index (χ0) is 15.8. The van der Waals surface area contributed by atoms with Gasteiger partial charge in [0.2, 0.25) is 10.0 Å². The van der Waals surface area contributed by atoms with Crippen molar-refractivity contribution in [1.82, 2.24) is 14.1 Å². The highest BCUT2D eigenvalue weighted by molar-refractivity contribution is 7.89. The summed E-state index contributed by atoms with van der Waals surface area (Å²) < 4.78 is 32.9. The lowest BCUT2D eigenvalue weighted by molar-refractivity contribution is -0.146. The van der Waals surface area contributed by atoms with Crippen LogP contribution in [0.1, 0.15) is 18.5 Å². The smallest absolute Gasteiger partial charge is 0.309 e. The van der Waals surface area contributed by atoms with E-state index in [4.69, 9.17) is 10.5 Å². The van der Waals surface area contributed by atoms with E-state index in [0.717, 1.165) is 0 Å². The van der Waals surface area contributed by atoms with E-state index < -0.39 is 15.9 Å². The van der Waals surface area contributed by atoms with Gasteiger partial charge in [-0.05, 0) is 19.8 Å². The number of aryl methyl sites for hydroxylation is 1. The zero-order valence-electron chi connectivity index (χ0n) is 12.4. The van der Waals surface area contributed by atoms with Crippen LogP contribution in [-0.2, 0) is 26.6 Å². The normalized spacial score (nSPS) is 20.4. The maximum Gasteiger partial charge on any atom is 0.309 e. The fraction of sp³-hybridized carbons (Fsp3) is 0.667. The number of nitrogens with two attached hydrogens (primary N) is 1. The van der Waals surface area contributed by atoms with Crippen molar-refractivity contribution >= 4 is 21.8 Å². The van der Waals surface area contributed by atoms with Gasteiger partial charge in [0, 0.05) is 20.1 Å². The highest BCUT2D eigenvalue weighted by atomic mass is 32.2. The second-order valence-corrected chi connectivity index (χ2v) is 7.02. The average molecular weight is 316 g/mol. The first kappa shape index (κ1) is 15.8. The number of carbonyl (C=O) groups excluding carboxylic acids is 1. The van der Waals surface area contributed by atoms with Gasteiger partial charge in [-0.15, -0.1) is 0 Å². The van der Waals surface area contributed by atoms with Crippen LogP contribution in [0.3, 0.4) is 0 Å². The predicted octanol–water partition coefficient (Wildman–Crippen LogP) is -0.116. The molecule has 1 aliphatic heterocycles. The van der Waals surface area contributed by atoms with Gasteiger partial charge in [0.05, 0.1) is 18.7 Å². The van der Waals surface area contributed by atoms with E-state index >= 15 is 0 Å². The Morgan fingerprint density at radius 1 is 1.48 bits per heavy atom. The second-order valence-electron chi connectivity index (χ2n) is 5.15. The number of aromatic nitrogens is 2. The summed E-state index contributed by atoms with van der Waals surface area (Å²) in [6, 6.07) is 0. The summed E-state index contributed by atoms with van der Waals surface area (Å²) in [5, 5.41) is 3.94. The van der Waals surface area contributed by atoms with E-state index in [1.165, 1.54) is 16.1 Å². The van der Waals surface area contributed by atoms with Crippen LogP contribution in [0.4, 0.5) is 5.82 Å². The van der Waals surface area contributed by atoms with E-state index in [2.05, 4.69) is 5.10 Å². The van der Waals surface area contributed by atoms with Gasteiger partial charge in [0.1, 0.15) is 4.90 Å². The SMILES string of the molecule is COC(=O)C1CCCN(S(=O)(=O)c2c(N)nn(C)c2C)C1. The molecule has 2 N–H and O–H groups in total. The lowest BCUT2D eigenvalue weighted by Crippen LogP contribution is -2.42. The number of nitrogens with zero attached hydrogens (tertiary/aromatic N) is 3. The summed E-state index contributed by atoms with van der Waals surface area (Å²) in [4.78, 5) is 11.7. The first-order valence-corrected chi connectivity index (χ1v) is 8.10. The van der Waals surface area contributed by atoms with Crippen LogP contribution in [0.5, 0.6) is 0 Å². The number of ether oxygens (including phenoxy) is 1. The van der Waals surface area contributed by atoms with Gasteiger partial charge in [0.25, 0.3) is 0 Å². The minimum atomic E-state index is -3.76. The van der Waals surface area contributed by atoms with E-state index in [0.29, 0.717) is 25.1 Å². The number of piperidine rings is 1. The molecule has 1 saturated heterocycles. The summed E-state index contributed by atoms with van der Waals surface area (Å²) >= 11 is 0. The van der Waals surface area contributed by atoms with Crippen molar-refractivity contribution in [3.05, 3.63) is 5.69 Å². The van der Waals surface area contributed by atoms with E-state index in [-0.39, 0.29) is 23.2 Å². The van der Waals surface area contributed by atoms with Gasteiger partial charge < -0.3 is 10.5 Å². The second kappa shape index (κ2) is 5.64. The summed E-state index contributed by atoms with van der Waals surface area (Å²) in [5.41, 5.74) is 6.21. The highest BCUT2D eigenvalue weighted by Gasteiger charge is 2.36. The highest BCUT2D eigenvalue weighted by Crippen LogP contribution is 2.29. The first-order chi connectivity index (χ1) is 9.78. The summed E-state index contributed by atoms with van der Waals surface area (Å²) in [7, 11) is -0.818. The van der Waals surface area contributed by atoms with Gasteiger partial charge in [-0.2, -0.15) is 9.40 Å². The molecule has 9 heteroatoms. The van der Waals surface area contributed by atoms with Gasteiger partial charge in [-0.1, -0.05) is 0 Å². The largest absolute Gasteiger partial charge is 0.469 e. The van der Waals surface area contributed by atoms with Crippen molar-refractivity contribution < 1.29 is 17.9 Å². The Morgan fingerprint density at radius 2 is 2.14 bits per heavy atom. The topological polar surface area (TPSA) is 108 Å². The molecular weight excluding hydrogens is 296 g/mol. The van der Waals surface area contributed by atoms with E-state index in [1.54, 1.807) is 14.0 Å². The molecule has 0 amide bonds. The van der Waals surface area contributed by atoms with Gasteiger partial charge in [0.15, 0.2) is 5.82 Å². The Morgan fingerprint density at radius 3 is 2.67 bits per heavy atom. The summed E-state index contributed by atoms with van der Waals surface area (Å²) in [6.45, 7) is 2.13. The molecule has 2 heterocycles. The molecular formula is C12H20N4O4S. The minimum absolute atomic E-state index is 0.0183. The Bertz CT molecular complexity index is 652. The molecule has 0 aliphatic carbocycles. The van der Waals surface area contributed by atoms with Crippen LogP contribution in [0, 0.1) is 12.8 Å². The Kier molecular flexibility index (Phi) is 4.24. The molecule has 1 unspecified atom stereocenters. The third-order valence-corrected chi connectivity index (χ3v) is 5.85. The monoisotopic (exact) mass is 316 g/mol. The zero-order valence-corrected chi connectivity index (χ0v) is 13.2. The Hall–Kier alpha value is -1.61. The molecule has 1 fully saturated rings. The quantitative estimate of drug-likeness (QED) is 0.779. The predicted molar refractivity (Wildman–Crippen MR) is 75.9 cm³/mol. The number of esters is 1. The number of hydrogen-bond acceptors (Lipinski definition) is 6. The number of anilines is 1. The van der Waals surface area contributed by atoms with E-state index in [9.17, 15) is 13.2 Å². The lowest BCUT2D eigenvalue weighted by atomic mass is 10.0. The number of nitrogen functional groups attached to an aromatic ring is 1. The van der Waals surface area contributed by atoms with Gasteiger partial charge in [-0.3, -0.25) is 9.48 Å². The molecule has 2 rings (SSSR count). The van der Waals surface area contributed by atoms with Crippen LogP contribution in [0.25, 0.3) is 0 Å². The van der Waals surface area contributed by atoms with Crippen LogP contribution in [-0.4, -0.2) is 48.7 Å². The molecule has 0 saturated carbocycles. The molecule has 1 aromatic rings. The molecule has 1 aromatic heterocycles. The molecule has 0 bridgehead atoms. The van der Waals surface area contributed by atoms with Crippen LogP contribution < -0.4 is 5.73 Å². The third kappa shape index (κ3) is 2.75.